The molecule has 0 aliphatic heterocycles. The Hall–Kier alpha value is -2.79. The summed E-state index contributed by atoms with van der Waals surface area (Å²) in [7, 11) is 1.60. The maximum atomic E-state index is 6.35. The first-order chi connectivity index (χ1) is 12.7. The number of methoxy groups -OCH3 is 1. The van der Waals surface area contributed by atoms with Gasteiger partial charge in [0, 0.05) is 5.56 Å². The van der Waals surface area contributed by atoms with Gasteiger partial charge in [-0.2, -0.15) is 0 Å². The van der Waals surface area contributed by atoms with Gasteiger partial charge in [-0.15, -0.1) is 10.2 Å². The van der Waals surface area contributed by atoms with Crippen molar-refractivity contribution in [3.8, 4) is 23.0 Å². The fraction of sp³-hybridized carbons (Fsp3) is 0.200. The minimum Gasteiger partial charge on any atom is -0.493 e. The Morgan fingerprint density at radius 2 is 1.92 bits per heavy atom. The van der Waals surface area contributed by atoms with Crippen LogP contribution in [-0.4, -0.2) is 23.9 Å². The fourth-order valence-corrected chi connectivity index (χ4v) is 2.53. The van der Waals surface area contributed by atoms with E-state index < -0.39 is 0 Å². The van der Waals surface area contributed by atoms with E-state index in [4.69, 9.17) is 25.5 Å². The molecule has 0 aliphatic carbocycles. The first kappa shape index (κ1) is 18.0. The fourth-order valence-electron chi connectivity index (χ4n) is 2.33. The number of ether oxygens (including phenoxy) is 2. The van der Waals surface area contributed by atoms with Crippen molar-refractivity contribution in [2.45, 2.75) is 13.3 Å². The largest absolute Gasteiger partial charge is 0.493 e. The van der Waals surface area contributed by atoms with E-state index in [-0.39, 0.29) is 5.89 Å². The Kier molecular flexibility index (Phi) is 5.92. The molecule has 1 heterocycles. The molecule has 1 aromatic heterocycles. The summed E-state index contributed by atoms with van der Waals surface area (Å²) in [5.41, 5.74) is 1.69. The highest BCUT2D eigenvalue weighted by molar-refractivity contribution is 6.50. The van der Waals surface area contributed by atoms with Crippen LogP contribution in [-0.2, 0) is 0 Å². The molecule has 0 N–H and O–H groups in total. The first-order valence-corrected chi connectivity index (χ1v) is 8.66. The Balaban J connectivity index is 1.82. The van der Waals surface area contributed by atoms with Crippen molar-refractivity contribution >= 4 is 22.7 Å². The molecule has 0 saturated heterocycles. The van der Waals surface area contributed by atoms with Crippen molar-refractivity contribution in [1.82, 2.24) is 10.2 Å². The number of nitrogens with zero attached hydrogens (tertiary/aromatic N) is 2. The topological polar surface area (TPSA) is 57.4 Å². The van der Waals surface area contributed by atoms with E-state index in [2.05, 4.69) is 17.1 Å². The Morgan fingerprint density at radius 3 is 2.65 bits per heavy atom. The van der Waals surface area contributed by atoms with Gasteiger partial charge in [-0.25, -0.2) is 0 Å². The van der Waals surface area contributed by atoms with E-state index in [1.54, 1.807) is 13.2 Å². The smallest absolute Gasteiger partial charge is 0.259 e. The Labute approximate surface area is 157 Å². The van der Waals surface area contributed by atoms with Crippen molar-refractivity contribution in [3.05, 3.63) is 60.0 Å². The predicted molar refractivity (Wildman–Crippen MR) is 102 cm³/mol. The van der Waals surface area contributed by atoms with Crippen LogP contribution < -0.4 is 9.47 Å². The summed E-state index contributed by atoms with van der Waals surface area (Å²) in [5, 5.41) is 8.41. The van der Waals surface area contributed by atoms with Gasteiger partial charge in [-0.05, 0) is 42.3 Å². The molecule has 3 aromatic rings. The van der Waals surface area contributed by atoms with Gasteiger partial charge < -0.3 is 13.9 Å². The maximum Gasteiger partial charge on any atom is 0.259 e. The molecule has 6 heteroatoms. The van der Waals surface area contributed by atoms with Crippen molar-refractivity contribution < 1.29 is 13.9 Å². The van der Waals surface area contributed by atoms with Gasteiger partial charge in [0.15, 0.2) is 11.5 Å². The summed E-state index contributed by atoms with van der Waals surface area (Å²) in [6.07, 6.45) is 2.67. The zero-order chi connectivity index (χ0) is 18.4. The van der Waals surface area contributed by atoms with E-state index in [0.717, 1.165) is 17.5 Å². The van der Waals surface area contributed by atoms with Crippen LogP contribution in [0.3, 0.4) is 0 Å². The lowest BCUT2D eigenvalue weighted by Crippen LogP contribution is -1.97. The minimum atomic E-state index is 0.260. The average molecular weight is 371 g/mol. The molecule has 5 nitrogen and oxygen atoms in total. The molecule has 0 spiro atoms. The highest BCUT2D eigenvalue weighted by atomic mass is 35.5. The van der Waals surface area contributed by atoms with E-state index >= 15 is 0 Å². The Bertz CT molecular complexity index is 891. The molecule has 0 saturated carbocycles. The molecule has 0 atom stereocenters. The number of hydrogen-bond donors (Lipinski definition) is 0. The van der Waals surface area contributed by atoms with Crippen LogP contribution in [0.15, 0.2) is 52.9 Å². The molecular formula is C20H19ClN2O3. The summed E-state index contributed by atoms with van der Waals surface area (Å²) in [6, 6.07) is 15.1. The number of benzene rings is 2. The SMILES string of the molecule is CCCOc1ccc(/C=C(\Cl)c2nnc(-c3ccccc3)o2)cc1OC. The Morgan fingerprint density at radius 1 is 1.12 bits per heavy atom. The molecule has 0 radical (unpaired) electrons. The standard InChI is InChI=1S/C20H19ClN2O3/c1-3-11-25-17-10-9-14(13-18(17)24-2)12-16(21)20-23-22-19(26-20)15-7-5-4-6-8-15/h4-10,12-13H,3,11H2,1-2H3/b16-12-. The second-order valence-electron chi connectivity index (χ2n) is 5.53. The zero-order valence-electron chi connectivity index (χ0n) is 14.6. The summed E-state index contributed by atoms with van der Waals surface area (Å²) in [4.78, 5) is 0. The lowest BCUT2D eigenvalue weighted by Gasteiger charge is -2.10. The van der Waals surface area contributed by atoms with E-state index in [1.165, 1.54) is 0 Å². The van der Waals surface area contributed by atoms with Crippen molar-refractivity contribution in [2.24, 2.45) is 0 Å². The van der Waals surface area contributed by atoms with Gasteiger partial charge in [-0.1, -0.05) is 42.8 Å². The van der Waals surface area contributed by atoms with Crippen LogP contribution >= 0.6 is 11.6 Å². The molecule has 0 aliphatic rings. The third kappa shape index (κ3) is 4.24. The van der Waals surface area contributed by atoms with Gasteiger partial charge in [0.2, 0.25) is 5.89 Å². The maximum absolute atomic E-state index is 6.35. The monoisotopic (exact) mass is 370 g/mol. The van der Waals surface area contributed by atoms with Crippen LogP contribution in [0.2, 0.25) is 0 Å². The minimum absolute atomic E-state index is 0.260. The molecule has 2 aromatic carbocycles. The highest BCUT2D eigenvalue weighted by Gasteiger charge is 2.12. The predicted octanol–water partition coefficient (Wildman–Crippen LogP) is 5.27. The quantitative estimate of drug-likeness (QED) is 0.567. The third-order valence-electron chi connectivity index (χ3n) is 3.59. The highest BCUT2D eigenvalue weighted by Crippen LogP contribution is 2.31. The van der Waals surface area contributed by atoms with Crippen LogP contribution in [0.25, 0.3) is 22.6 Å². The van der Waals surface area contributed by atoms with E-state index in [1.807, 2.05) is 48.5 Å². The van der Waals surface area contributed by atoms with Gasteiger partial charge in [0.25, 0.3) is 5.89 Å². The van der Waals surface area contributed by atoms with Crippen LogP contribution in [0.5, 0.6) is 11.5 Å². The molecular weight excluding hydrogens is 352 g/mol. The van der Waals surface area contributed by atoms with Crippen molar-refractivity contribution in [1.29, 1.82) is 0 Å². The lowest BCUT2D eigenvalue weighted by atomic mass is 10.2. The average Bonchev–Trinajstić information content (AvgIpc) is 3.18. The van der Waals surface area contributed by atoms with Gasteiger partial charge in [0.1, 0.15) is 5.03 Å². The molecule has 134 valence electrons. The number of halogens is 1. The summed E-state index contributed by atoms with van der Waals surface area (Å²) >= 11 is 6.35. The number of aromatic nitrogens is 2. The molecule has 3 rings (SSSR count). The van der Waals surface area contributed by atoms with Crippen LogP contribution in [0.1, 0.15) is 24.8 Å². The first-order valence-electron chi connectivity index (χ1n) is 8.28. The molecule has 0 amide bonds. The van der Waals surface area contributed by atoms with Gasteiger partial charge >= 0.3 is 0 Å². The normalized spacial score (nSPS) is 11.4. The number of rotatable bonds is 7. The van der Waals surface area contributed by atoms with Crippen molar-refractivity contribution in [2.75, 3.05) is 13.7 Å². The molecule has 0 bridgehead atoms. The summed E-state index contributed by atoms with van der Waals surface area (Å²) in [5.74, 6) is 2.03. The summed E-state index contributed by atoms with van der Waals surface area (Å²) < 4.78 is 16.7. The molecule has 0 fully saturated rings. The second kappa shape index (κ2) is 8.54. The second-order valence-corrected chi connectivity index (χ2v) is 5.94. The van der Waals surface area contributed by atoms with Crippen LogP contribution in [0, 0.1) is 0 Å². The van der Waals surface area contributed by atoms with Gasteiger partial charge in [-0.3, -0.25) is 0 Å². The third-order valence-corrected chi connectivity index (χ3v) is 3.86. The zero-order valence-corrected chi connectivity index (χ0v) is 15.4. The molecule has 0 unspecified atom stereocenters. The number of hydrogen-bond acceptors (Lipinski definition) is 5. The summed E-state index contributed by atoms with van der Waals surface area (Å²) in [6.45, 7) is 2.69. The molecule has 26 heavy (non-hydrogen) atoms. The van der Waals surface area contributed by atoms with Crippen molar-refractivity contribution in [3.63, 3.8) is 0 Å². The van der Waals surface area contributed by atoms with E-state index in [9.17, 15) is 0 Å². The lowest BCUT2D eigenvalue weighted by molar-refractivity contribution is 0.294. The van der Waals surface area contributed by atoms with Gasteiger partial charge in [0.05, 0.1) is 13.7 Å². The van der Waals surface area contributed by atoms with E-state index in [0.29, 0.717) is 29.0 Å². The van der Waals surface area contributed by atoms with Crippen LogP contribution in [0.4, 0.5) is 0 Å².